The molecule has 3 heterocycles. The van der Waals surface area contributed by atoms with Crippen LogP contribution in [0.1, 0.15) is 32.1 Å². The third-order valence-electron chi connectivity index (χ3n) is 7.37. The molecule has 1 aromatic carbocycles. The van der Waals surface area contributed by atoms with Crippen LogP contribution in [0.25, 0.3) is 10.9 Å². The van der Waals surface area contributed by atoms with Crippen molar-refractivity contribution in [1.82, 2.24) is 19.8 Å². The van der Waals surface area contributed by atoms with Gasteiger partial charge in [-0.1, -0.05) is 0 Å². The maximum absolute atomic E-state index is 12.6. The lowest BCUT2D eigenvalue weighted by Crippen LogP contribution is -2.37. The summed E-state index contributed by atoms with van der Waals surface area (Å²) in [7, 11) is 0. The van der Waals surface area contributed by atoms with Gasteiger partial charge in [0.15, 0.2) is 0 Å². The molecule has 182 valence electrons. The summed E-state index contributed by atoms with van der Waals surface area (Å²) in [4.78, 5) is 31.4. The Morgan fingerprint density at radius 2 is 1.89 bits per heavy atom. The second-order valence-electron chi connectivity index (χ2n) is 9.95. The number of carbonyl (C=O) groups is 2. The molecule has 35 heavy (non-hydrogen) atoms. The number of fused-ring (bicyclic) bond motifs is 2. The number of benzene rings is 1. The van der Waals surface area contributed by atoms with Gasteiger partial charge >= 0.3 is 6.03 Å². The van der Waals surface area contributed by atoms with Crippen LogP contribution in [-0.4, -0.2) is 62.8 Å². The number of piperidine rings is 1. The predicted octanol–water partition coefficient (Wildman–Crippen LogP) is 3.33. The van der Waals surface area contributed by atoms with Crippen LogP contribution in [-0.2, 0) is 4.79 Å². The number of anilines is 1. The first-order chi connectivity index (χ1) is 17.0. The van der Waals surface area contributed by atoms with Crippen LogP contribution in [0, 0.1) is 5.92 Å². The fourth-order valence-corrected chi connectivity index (χ4v) is 4.83. The fraction of sp³-hybridized carbons (Fsp3) is 0.423. The molecule has 6 rings (SSSR count). The Morgan fingerprint density at radius 1 is 1.11 bits per heavy atom. The van der Waals surface area contributed by atoms with E-state index < -0.39 is 0 Å². The Kier molecular flexibility index (Phi) is 5.46. The number of ether oxygens (including phenoxy) is 1. The lowest BCUT2D eigenvalue weighted by atomic mass is 10.1. The molecule has 3 N–H and O–H groups in total. The summed E-state index contributed by atoms with van der Waals surface area (Å²) in [6, 6.07) is 10.8. The van der Waals surface area contributed by atoms with Crippen LogP contribution in [0.3, 0.4) is 0 Å². The molecule has 3 aromatic rings. The van der Waals surface area contributed by atoms with Crippen LogP contribution in [0.15, 0.2) is 48.8 Å². The van der Waals surface area contributed by atoms with Gasteiger partial charge in [0, 0.05) is 55.4 Å². The van der Waals surface area contributed by atoms with Crippen molar-refractivity contribution in [2.75, 3.05) is 25.0 Å². The SMILES string of the molecule is O=C(CCN1CCC(O)CC1)Nc1cc(Oc2ccc3c(ccn3C(=O)NC34CC3C4)c2)ccn1. The molecule has 0 radical (unpaired) electrons. The number of likely N-dealkylation sites (tertiary alicyclic amines) is 1. The number of rotatable bonds is 7. The second kappa shape index (κ2) is 8.66. The van der Waals surface area contributed by atoms with E-state index in [2.05, 4.69) is 20.5 Å². The minimum Gasteiger partial charge on any atom is -0.457 e. The number of nitrogens with zero attached hydrogens (tertiary/aromatic N) is 3. The molecule has 1 aliphatic heterocycles. The van der Waals surface area contributed by atoms with Crippen molar-refractivity contribution in [3.8, 4) is 11.5 Å². The zero-order valence-electron chi connectivity index (χ0n) is 19.4. The third kappa shape index (κ3) is 4.74. The summed E-state index contributed by atoms with van der Waals surface area (Å²) in [6.07, 6.45) is 7.25. The van der Waals surface area contributed by atoms with Crippen molar-refractivity contribution in [3.63, 3.8) is 0 Å². The van der Waals surface area contributed by atoms with Gasteiger partial charge in [-0.05, 0) is 61.9 Å². The van der Waals surface area contributed by atoms with E-state index in [0.717, 1.165) is 49.7 Å². The van der Waals surface area contributed by atoms with Crippen LogP contribution in [0.5, 0.6) is 11.5 Å². The van der Waals surface area contributed by atoms with E-state index >= 15 is 0 Å². The van der Waals surface area contributed by atoms with E-state index in [1.165, 1.54) is 0 Å². The Morgan fingerprint density at radius 3 is 2.66 bits per heavy atom. The minimum atomic E-state index is -0.218. The highest BCUT2D eigenvalue weighted by Gasteiger charge is 2.70. The summed E-state index contributed by atoms with van der Waals surface area (Å²) in [5, 5.41) is 16.5. The standard InChI is InChI=1S/C26H29N5O4/c32-19-5-9-30(10-6-19)11-7-24(33)28-23-14-21(3-8-27-23)35-20-1-2-22-17(13-20)4-12-31(22)25(34)29-26-15-18(26)16-26/h1-4,8,12-14,18-19,32H,5-7,9-11,15-16H2,(H,29,34)(H,27,28,33). The average molecular weight is 476 g/mol. The summed E-state index contributed by atoms with van der Waals surface area (Å²) in [6.45, 7) is 2.29. The number of aliphatic hydroxyl groups excluding tert-OH is 1. The molecule has 2 saturated carbocycles. The molecular weight excluding hydrogens is 446 g/mol. The monoisotopic (exact) mass is 475 g/mol. The Balaban J connectivity index is 1.06. The summed E-state index contributed by atoms with van der Waals surface area (Å²) in [5.41, 5.74) is 0.914. The largest absolute Gasteiger partial charge is 0.457 e. The highest BCUT2D eigenvalue weighted by molar-refractivity contribution is 5.93. The zero-order valence-corrected chi connectivity index (χ0v) is 19.4. The number of pyridine rings is 1. The first kappa shape index (κ1) is 22.1. The van der Waals surface area contributed by atoms with Crippen molar-refractivity contribution in [1.29, 1.82) is 0 Å². The highest BCUT2D eigenvalue weighted by atomic mass is 16.5. The highest BCUT2D eigenvalue weighted by Crippen LogP contribution is 2.66. The molecule has 9 heteroatoms. The number of amides is 2. The summed E-state index contributed by atoms with van der Waals surface area (Å²) < 4.78 is 7.65. The first-order valence-corrected chi connectivity index (χ1v) is 12.3. The van der Waals surface area contributed by atoms with Gasteiger partial charge in [0.25, 0.3) is 0 Å². The topological polar surface area (TPSA) is 109 Å². The number of hydrogen-bond donors (Lipinski definition) is 3. The number of aromatic nitrogens is 2. The van der Waals surface area contributed by atoms with E-state index in [4.69, 9.17) is 4.74 Å². The van der Waals surface area contributed by atoms with Crippen molar-refractivity contribution < 1.29 is 19.4 Å². The van der Waals surface area contributed by atoms with Crippen molar-refractivity contribution in [2.45, 2.75) is 43.7 Å². The second-order valence-corrected chi connectivity index (χ2v) is 9.95. The van der Waals surface area contributed by atoms with Gasteiger partial charge < -0.3 is 25.4 Å². The quantitative estimate of drug-likeness (QED) is 0.484. The number of carbonyl (C=O) groups excluding carboxylic acids is 2. The normalized spacial score (nSPS) is 23.5. The van der Waals surface area contributed by atoms with Gasteiger partial charge in [-0.25, -0.2) is 9.78 Å². The van der Waals surface area contributed by atoms with E-state index in [1.807, 2.05) is 24.3 Å². The maximum atomic E-state index is 12.6. The smallest absolute Gasteiger partial charge is 0.326 e. The van der Waals surface area contributed by atoms with Gasteiger partial charge in [-0.3, -0.25) is 9.36 Å². The van der Waals surface area contributed by atoms with Crippen LogP contribution >= 0.6 is 0 Å². The van der Waals surface area contributed by atoms with Crippen LogP contribution in [0.2, 0.25) is 0 Å². The lowest BCUT2D eigenvalue weighted by Gasteiger charge is -2.29. The lowest BCUT2D eigenvalue weighted by molar-refractivity contribution is -0.116. The van der Waals surface area contributed by atoms with E-state index in [0.29, 0.717) is 36.2 Å². The molecule has 9 nitrogen and oxygen atoms in total. The first-order valence-electron chi connectivity index (χ1n) is 12.3. The van der Waals surface area contributed by atoms with Gasteiger partial charge in [0.1, 0.15) is 17.3 Å². The van der Waals surface area contributed by atoms with Crippen LogP contribution < -0.4 is 15.4 Å². The number of aliphatic hydroxyl groups is 1. The Labute approximate surface area is 203 Å². The van der Waals surface area contributed by atoms with Gasteiger partial charge in [-0.15, -0.1) is 0 Å². The van der Waals surface area contributed by atoms with Crippen molar-refractivity contribution in [2.24, 2.45) is 5.92 Å². The fourth-order valence-electron chi connectivity index (χ4n) is 4.83. The van der Waals surface area contributed by atoms with E-state index in [1.54, 1.807) is 29.1 Å². The zero-order chi connectivity index (χ0) is 24.0. The summed E-state index contributed by atoms with van der Waals surface area (Å²) in [5.74, 6) is 2.21. The Hall–Kier alpha value is -3.43. The molecule has 2 aromatic heterocycles. The molecule has 0 atom stereocenters. The molecule has 3 aliphatic rings. The van der Waals surface area contributed by atoms with Gasteiger partial charge in [-0.2, -0.15) is 0 Å². The van der Waals surface area contributed by atoms with Crippen molar-refractivity contribution >= 4 is 28.7 Å². The van der Waals surface area contributed by atoms with E-state index in [-0.39, 0.29) is 23.6 Å². The third-order valence-corrected chi connectivity index (χ3v) is 7.37. The molecule has 0 spiro atoms. The van der Waals surface area contributed by atoms with E-state index in [9.17, 15) is 14.7 Å². The molecule has 0 bridgehead atoms. The molecule has 0 unspecified atom stereocenters. The number of hydrogen-bond acceptors (Lipinski definition) is 6. The Bertz CT molecular complexity index is 1270. The average Bonchev–Trinajstić information content (AvgIpc) is 3.64. The predicted molar refractivity (Wildman–Crippen MR) is 131 cm³/mol. The molecular formula is C26H29N5O4. The summed E-state index contributed by atoms with van der Waals surface area (Å²) >= 11 is 0. The molecule has 2 amide bonds. The molecule has 2 aliphatic carbocycles. The van der Waals surface area contributed by atoms with Gasteiger partial charge in [0.2, 0.25) is 5.91 Å². The number of nitrogens with one attached hydrogen (secondary N) is 2. The minimum absolute atomic E-state index is 0.0823. The molecule has 1 saturated heterocycles. The van der Waals surface area contributed by atoms with Crippen LogP contribution in [0.4, 0.5) is 10.6 Å². The molecule has 3 fully saturated rings. The van der Waals surface area contributed by atoms with Gasteiger partial charge in [0.05, 0.1) is 11.6 Å². The maximum Gasteiger partial charge on any atom is 0.326 e. The van der Waals surface area contributed by atoms with Crippen molar-refractivity contribution in [3.05, 3.63) is 48.8 Å².